The maximum Gasteiger partial charge on any atom is 0.338 e. The lowest BCUT2D eigenvalue weighted by Crippen LogP contribution is -2.82. The first kappa shape index (κ1) is 34.7. The number of hydrogen-bond acceptors (Lipinski definition) is 12. The third-order valence-electron chi connectivity index (χ3n) is 11.7. The number of carbonyl (C=O) groups excluding carboxylic acids is 3. The maximum absolute atomic E-state index is 15.5. The molecule has 49 heavy (non-hydrogen) atoms. The highest BCUT2D eigenvalue weighted by atomic mass is 32.2. The Bertz CT molecular complexity index is 1690. The Labute approximate surface area is 294 Å². The second kappa shape index (κ2) is 12.2. The third kappa shape index (κ3) is 5.08. The summed E-state index contributed by atoms with van der Waals surface area (Å²) in [4.78, 5) is 44.6. The molecule has 262 valence electrons. The van der Waals surface area contributed by atoms with Crippen molar-refractivity contribution in [2.45, 2.75) is 104 Å². The van der Waals surface area contributed by atoms with Crippen molar-refractivity contribution in [3.8, 4) is 0 Å². The molecule has 9 atom stereocenters. The number of fused-ring (bicyclic) bond motifs is 6. The predicted octanol–water partition coefficient (Wildman–Crippen LogP) is 4.94. The molecule has 10 nitrogen and oxygen atoms in total. The van der Waals surface area contributed by atoms with Crippen molar-refractivity contribution in [2.75, 3.05) is 13.7 Å². The van der Waals surface area contributed by atoms with Crippen molar-refractivity contribution in [3.63, 3.8) is 0 Å². The van der Waals surface area contributed by atoms with Crippen LogP contribution in [0.4, 0.5) is 0 Å². The van der Waals surface area contributed by atoms with Gasteiger partial charge >= 0.3 is 11.9 Å². The SMILES string of the molecule is CO[C@H]1C(=O)[C@]2(C)[C@@H](OC3Sc4ccccc4S3)C[C@H]3OC[C@@]3(OC(C)=O)[C@H]2[C@H](OC(=O)c2ccccc2)[C@]2(O)C[C@H](O)C(C)=C1C2(C)C. The lowest BCUT2D eigenvalue weighted by molar-refractivity contribution is -0.348. The van der Waals surface area contributed by atoms with Crippen molar-refractivity contribution in [1.29, 1.82) is 0 Å². The Morgan fingerprint density at radius 3 is 2.20 bits per heavy atom. The lowest BCUT2D eigenvalue weighted by Gasteiger charge is -2.68. The second-order valence-corrected chi connectivity index (χ2v) is 17.0. The van der Waals surface area contributed by atoms with Gasteiger partial charge in [-0.1, -0.05) is 67.7 Å². The summed E-state index contributed by atoms with van der Waals surface area (Å²) in [6.45, 7) is 8.23. The van der Waals surface area contributed by atoms with Gasteiger partial charge in [0.25, 0.3) is 0 Å². The first-order valence-corrected chi connectivity index (χ1v) is 18.3. The van der Waals surface area contributed by atoms with E-state index in [4.69, 9.17) is 23.7 Å². The van der Waals surface area contributed by atoms with Crippen LogP contribution >= 0.6 is 23.5 Å². The van der Waals surface area contributed by atoms with Crippen molar-refractivity contribution < 1.29 is 48.3 Å². The Morgan fingerprint density at radius 2 is 1.63 bits per heavy atom. The molecule has 2 aliphatic heterocycles. The summed E-state index contributed by atoms with van der Waals surface area (Å²) >= 11 is 3.07. The largest absolute Gasteiger partial charge is 0.455 e. The van der Waals surface area contributed by atoms with Crippen molar-refractivity contribution >= 4 is 41.2 Å². The molecule has 5 aliphatic rings. The van der Waals surface area contributed by atoms with Gasteiger partial charge in [0, 0.05) is 42.1 Å². The van der Waals surface area contributed by atoms with E-state index in [9.17, 15) is 19.8 Å². The fourth-order valence-corrected chi connectivity index (χ4v) is 11.7. The maximum atomic E-state index is 15.5. The third-order valence-corrected chi connectivity index (χ3v) is 14.2. The number of hydrogen-bond donors (Lipinski definition) is 2. The summed E-state index contributed by atoms with van der Waals surface area (Å²) in [6, 6.07) is 16.3. The monoisotopic (exact) mass is 710 g/mol. The number of ketones is 1. The highest BCUT2D eigenvalue weighted by molar-refractivity contribution is 8.19. The summed E-state index contributed by atoms with van der Waals surface area (Å²) < 4.78 is 31.3. The van der Waals surface area contributed by atoms with Crippen LogP contribution < -0.4 is 0 Å². The summed E-state index contributed by atoms with van der Waals surface area (Å²) in [6.07, 6.45) is -5.45. The molecular formula is C37H42O10S2. The molecule has 0 aromatic heterocycles. The topological polar surface area (TPSA) is 138 Å². The van der Waals surface area contributed by atoms with Gasteiger partial charge in [-0.15, -0.1) is 0 Å². The standard InChI is InChI=1S/C37H42O10S2/c1-19-22(39)17-37(42)31(46-32(41)21-12-8-7-9-13-21)29-35(5,30(40)28(43-6)27(19)34(37,3)4)25(16-26-36(29,18-44-26)47-20(2)38)45-33-48-23-14-10-11-15-24(23)49-33/h7-15,22,25-26,28-29,31,33,39,42H,16-18H2,1-6H3/t22-,25-,26+,28+,29-,31-,35+,36-,37+/m0/s1. The van der Waals surface area contributed by atoms with Crippen LogP contribution in [0.2, 0.25) is 0 Å². The molecule has 1 saturated heterocycles. The van der Waals surface area contributed by atoms with Crippen LogP contribution in [0.25, 0.3) is 0 Å². The van der Waals surface area contributed by atoms with Crippen LogP contribution in [0.1, 0.15) is 57.8 Å². The summed E-state index contributed by atoms with van der Waals surface area (Å²) in [7, 11) is 1.43. The van der Waals surface area contributed by atoms with E-state index in [0.717, 1.165) is 9.79 Å². The average Bonchev–Trinajstić information content (AvgIpc) is 3.47. The molecule has 2 aromatic rings. The summed E-state index contributed by atoms with van der Waals surface area (Å²) in [5.74, 6) is -2.89. The quantitative estimate of drug-likeness (QED) is 0.310. The zero-order chi connectivity index (χ0) is 35.1. The highest BCUT2D eigenvalue weighted by Gasteiger charge is 2.78. The second-order valence-electron chi connectivity index (χ2n) is 14.5. The van der Waals surface area contributed by atoms with Crippen LogP contribution in [0.5, 0.6) is 0 Å². The molecule has 2 N–H and O–H groups in total. The summed E-state index contributed by atoms with van der Waals surface area (Å²) in [5, 5.41) is 24.8. The van der Waals surface area contributed by atoms with Gasteiger partial charge in [-0.2, -0.15) is 0 Å². The lowest BCUT2D eigenvalue weighted by atomic mass is 9.44. The number of esters is 2. The molecular weight excluding hydrogens is 669 g/mol. The normalized spacial score (nSPS) is 37.9. The van der Waals surface area contributed by atoms with Gasteiger partial charge in [0.2, 0.25) is 0 Å². The van der Waals surface area contributed by atoms with E-state index >= 15 is 4.79 Å². The van der Waals surface area contributed by atoms with Crippen LogP contribution in [-0.4, -0.2) is 88.1 Å². The van der Waals surface area contributed by atoms with Crippen LogP contribution in [0.3, 0.4) is 0 Å². The number of ether oxygens (including phenoxy) is 5. The zero-order valence-electron chi connectivity index (χ0n) is 28.3. The average molecular weight is 711 g/mol. The molecule has 2 aromatic carbocycles. The van der Waals surface area contributed by atoms with E-state index in [-0.39, 0.29) is 30.8 Å². The van der Waals surface area contributed by atoms with Gasteiger partial charge in [-0.05, 0) is 49.3 Å². The van der Waals surface area contributed by atoms with E-state index in [1.54, 1.807) is 58.0 Å². The molecule has 3 fully saturated rings. The number of benzene rings is 2. The Hall–Kier alpha value is -2.71. The number of carbonyl (C=O) groups is 3. The molecule has 0 unspecified atom stereocenters. The summed E-state index contributed by atoms with van der Waals surface area (Å²) in [5.41, 5.74) is -5.11. The zero-order valence-corrected chi connectivity index (χ0v) is 30.0. The molecule has 7 rings (SSSR count). The molecule has 0 amide bonds. The van der Waals surface area contributed by atoms with Gasteiger partial charge in [0.1, 0.15) is 23.9 Å². The van der Waals surface area contributed by atoms with Crippen molar-refractivity contribution in [1.82, 2.24) is 0 Å². The molecule has 12 heteroatoms. The predicted molar refractivity (Wildman–Crippen MR) is 181 cm³/mol. The van der Waals surface area contributed by atoms with Crippen molar-refractivity contribution in [3.05, 3.63) is 71.3 Å². The number of Topliss-reactive ketones (excluding diaryl/α,β-unsaturated/α-hetero) is 1. The van der Waals surface area contributed by atoms with E-state index in [1.165, 1.54) is 37.6 Å². The van der Waals surface area contributed by atoms with Crippen LogP contribution in [-0.2, 0) is 33.3 Å². The molecule has 0 radical (unpaired) electrons. The van der Waals surface area contributed by atoms with Gasteiger partial charge in [-0.25, -0.2) is 4.79 Å². The number of methoxy groups -OCH3 is 1. The van der Waals surface area contributed by atoms with E-state index in [2.05, 4.69) is 0 Å². The van der Waals surface area contributed by atoms with E-state index in [0.29, 0.717) is 11.1 Å². The number of thioether (sulfide) groups is 2. The molecule has 3 aliphatic carbocycles. The smallest absolute Gasteiger partial charge is 0.338 e. The highest BCUT2D eigenvalue weighted by Crippen LogP contribution is 2.65. The molecule has 2 saturated carbocycles. The van der Waals surface area contributed by atoms with E-state index in [1.807, 2.05) is 24.3 Å². The minimum atomic E-state index is -1.97. The van der Waals surface area contributed by atoms with E-state index < -0.39 is 75.2 Å². The Morgan fingerprint density at radius 1 is 1.00 bits per heavy atom. The van der Waals surface area contributed by atoms with Gasteiger partial charge < -0.3 is 33.9 Å². The minimum absolute atomic E-state index is 0.0896. The van der Waals surface area contributed by atoms with Gasteiger partial charge in [0.15, 0.2) is 16.2 Å². The fourth-order valence-electron chi connectivity index (χ4n) is 9.09. The molecule has 0 spiro atoms. The number of rotatable bonds is 6. The number of aliphatic hydroxyl groups excluding tert-OH is 1. The minimum Gasteiger partial charge on any atom is -0.455 e. The Balaban J connectivity index is 1.46. The van der Waals surface area contributed by atoms with Crippen LogP contribution in [0.15, 0.2) is 75.5 Å². The Kier molecular flexibility index (Phi) is 8.66. The van der Waals surface area contributed by atoms with Crippen LogP contribution in [0, 0.1) is 16.7 Å². The van der Waals surface area contributed by atoms with Crippen molar-refractivity contribution in [2.24, 2.45) is 16.7 Å². The molecule has 2 bridgehead atoms. The number of aliphatic hydroxyl groups is 2. The van der Waals surface area contributed by atoms with Gasteiger partial charge in [-0.3, -0.25) is 9.59 Å². The molecule has 2 heterocycles. The first-order chi connectivity index (χ1) is 23.2. The fraction of sp³-hybridized carbons (Fsp3) is 0.541. The van der Waals surface area contributed by atoms with Gasteiger partial charge in [0.05, 0.1) is 35.7 Å². The first-order valence-electron chi connectivity index (χ1n) is 16.5.